The van der Waals surface area contributed by atoms with Gasteiger partial charge in [-0.15, -0.1) is 0 Å². The summed E-state index contributed by atoms with van der Waals surface area (Å²) in [6, 6.07) is 7.79. The predicted octanol–water partition coefficient (Wildman–Crippen LogP) is 2.21. The van der Waals surface area contributed by atoms with Crippen LogP contribution in [0.15, 0.2) is 22.7 Å². The molecule has 13 heavy (non-hydrogen) atoms. The van der Waals surface area contributed by atoms with Crippen molar-refractivity contribution in [3.05, 3.63) is 33.8 Å². The number of nitriles is 1. The highest BCUT2D eigenvalue weighted by Crippen LogP contribution is 2.19. The van der Waals surface area contributed by atoms with Gasteiger partial charge in [0.05, 0.1) is 11.6 Å². The van der Waals surface area contributed by atoms with Crippen LogP contribution in [-0.4, -0.2) is 6.04 Å². The molecule has 0 aromatic heterocycles. The van der Waals surface area contributed by atoms with Gasteiger partial charge < -0.3 is 5.73 Å². The zero-order chi connectivity index (χ0) is 9.84. The fourth-order valence-corrected chi connectivity index (χ4v) is 1.67. The lowest BCUT2D eigenvalue weighted by Gasteiger charge is -2.07. The minimum atomic E-state index is 0.143. The van der Waals surface area contributed by atoms with Gasteiger partial charge in [0.2, 0.25) is 0 Å². The summed E-state index contributed by atoms with van der Waals surface area (Å²) in [5.41, 5.74) is 7.49. The highest BCUT2D eigenvalue weighted by Gasteiger charge is 2.03. The van der Waals surface area contributed by atoms with Crippen molar-refractivity contribution in [2.75, 3.05) is 0 Å². The van der Waals surface area contributed by atoms with Gasteiger partial charge in [0.1, 0.15) is 0 Å². The predicted molar refractivity (Wildman–Crippen MR) is 56.2 cm³/mol. The van der Waals surface area contributed by atoms with E-state index in [1.165, 1.54) is 0 Å². The first-order valence-electron chi connectivity index (χ1n) is 4.07. The fourth-order valence-electron chi connectivity index (χ4n) is 1.13. The molecule has 0 bridgehead atoms. The Morgan fingerprint density at radius 2 is 2.31 bits per heavy atom. The second-order valence-corrected chi connectivity index (χ2v) is 3.95. The van der Waals surface area contributed by atoms with Crippen LogP contribution in [0.1, 0.15) is 18.1 Å². The van der Waals surface area contributed by atoms with E-state index in [1.54, 1.807) is 0 Å². The van der Waals surface area contributed by atoms with Gasteiger partial charge >= 0.3 is 0 Å². The van der Waals surface area contributed by atoms with Crippen LogP contribution in [0.4, 0.5) is 0 Å². The Hall–Kier alpha value is -0.850. The lowest BCUT2D eigenvalue weighted by Crippen LogP contribution is -2.17. The van der Waals surface area contributed by atoms with E-state index >= 15 is 0 Å². The second kappa shape index (κ2) is 4.40. The molecule has 0 aliphatic carbocycles. The quantitative estimate of drug-likeness (QED) is 0.860. The molecular formula is C10H11BrN2. The Bertz CT molecular complexity index is 339. The summed E-state index contributed by atoms with van der Waals surface area (Å²) in [5, 5.41) is 8.64. The molecule has 0 saturated heterocycles. The lowest BCUT2D eigenvalue weighted by atomic mass is 10.1. The monoisotopic (exact) mass is 238 g/mol. The van der Waals surface area contributed by atoms with Gasteiger partial charge in [-0.25, -0.2) is 0 Å². The van der Waals surface area contributed by atoms with Crippen LogP contribution in [0.5, 0.6) is 0 Å². The van der Waals surface area contributed by atoms with Crippen molar-refractivity contribution in [3.63, 3.8) is 0 Å². The van der Waals surface area contributed by atoms with Crippen LogP contribution in [0.3, 0.4) is 0 Å². The third kappa shape index (κ3) is 2.83. The molecule has 0 aliphatic rings. The molecule has 0 saturated carbocycles. The zero-order valence-corrected chi connectivity index (χ0v) is 9.01. The molecular weight excluding hydrogens is 228 g/mol. The third-order valence-electron chi connectivity index (χ3n) is 1.72. The summed E-state index contributed by atoms with van der Waals surface area (Å²) in [6.07, 6.45) is 0.826. The van der Waals surface area contributed by atoms with Crippen molar-refractivity contribution in [1.82, 2.24) is 0 Å². The molecule has 68 valence electrons. The fraction of sp³-hybridized carbons (Fsp3) is 0.300. The van der Waals surface area contributed by atoms with Crippen LogP contribution >= 0.6 is 15.9 Å². The Morgan fingerprint density at radius 3 is 2.77 bits per heavy atom. The van der Waals surface area contributed by atoms with Gasteiger partial charge in [-0.2, -0.15) is 5.26 Å². The molecule has 0 spiro atoms. The Kier molecular flexibility index (Phi) is 3.47. The van der Waals surface area contributed by atoms with Crippen LogP contribution in [0, 0.1) is 11.3 Å². The van der Waals surface area contributed by atoms with Crippen LogP contribution in [0.25, 0.3) is 0 Å². The summed E-state index contributed by atoms with van der Waals surface area (Å²) < 4.78 is 0.962. The van der Waals surface area contributed by atoms with Gasteiger partial charge in [0.25, 0.3) is 0 Å². The van der Waals surface area contributed by atoms with Crippen LogP contribution in [0.2, 0.25) is 0 Å². The van der Waals surface area contributed by atoms with Crippen LogP contribution in [-0.2, 0) is 6.42 Å². The molecule has 2 nitrogen and oxygen atoms in total. The number of hydrogen-bond acceptors (Lipinski definition) is 2. The summed E-state index contributed by atoms with van der Waals surface area (Å²) in [7, 11) is 0. The molecule has 1 aromatic carbocycles. The van der Waals surface area contributed by atoms with E-state index in [4.69, 9.17) is 11.0 Å². The van der Waals surface area contributed by atoms with E-state index in [2.05, 4.69) is 22.0 Å². The number of nitrogens with zero attached hydrogens (tertiary/aromatic N) is 1. The van der Waals surface area contributed by atoms with Crippen molar-refractivity contribution in [2.24, 2.45) is 5.73 Å². The van der Waals surface area contributed by atoms with Gasteiger partial charge in [-0.1, -0.05) is 22.0 Å². The molecule has 3 heteroatoms. The second-order valence-electron chi connectivity index (χ2n) is 3.10. The highest BCUT2D eigenvalue weighted by molar-refractivity contribution is 9.10. The number of nitrogens with two attached hydrogens (primary N) is 1. The van der Waals surface area contributed by atoms with E-state index in [0.717, 1.165) is 16.5 Å². The normalized spacial score (nSPS) is 12.2. The SMILES string of the molecule is C[C@@H](N)Cc1ccc(C#N)cc1Br. The van der Waals surface area contributed by atoms with Crippen molar-refractivity contribution in [2.45, 2.75) is 19.4 Å². The van der Waals surface area contributed by atoms with E-state index in [-0.39, 0.29) is 6.04 Å². The van der Waals surface area contributed by atoms with Gasteiger partial charge in [-0.05, 0) is 31.0 Å². The highest BCUT2D eigenvalue weighted by atomic mass is 79.9. The smallest absolute Gasteiger partial charge is 0.0992 e. The minimum Gasteiger partial charge on any atom is -0.328 e. The topological polar surface area (TPSA) is 49.8 Å². The number of rotatable bonds is 2. The van der Waals surface area contributed by atoms with Crippen LogP contribution < -0.4 is 5.73 Å². The average molecular weight is 239 g/mol. The largest absolute Gasteiger partial charge is 0.328 e. The molecule has 1 aromatic rings. The van der Waals surface area contributed by atoms with Crippen molar-refractivity contribution in [3.8, 4) is 6.07 Å². The first-order valence-corrected chi connectivity index (χ1v) is 4.87. The van der Waals surface area contributed by atoms with E-state index in [1.807, 2.05) is 25.1 Å². The number of hydrogen-bond donors (Lipinski definition) is 1. The first-order chi connectivity index (χ1) is 6.13. The molecule has 0 aliphatic heterocycles. The Balaban J connectivity index is 2.93. The third-order valence-corrected chi connectivity index (χ3v) is 2.46. The van der Waals surface area contributed by atoms with Crippen molar-refractivity contribution in [1.29, 1.82) is 5.26 Å². The lowest BCUT2D eigenvalue weighted by molar-refractivity contribution is 0.736. The molecule has 0 unspecified atom stereocenters. The summed E-state index contributed by atoms with van der Waals surface area (Å²) in [6.45, 7) is 1.96. The molecule has 2 N–H and O–H groups in total. The van der Waals surface area contributed by atoms with Crippen molar-refractivity contribution < 1.29 is 0 Å². The zero-order valence-electron chi connectivity index (χ0n) is 7.42. The standard InChI is InChI=1S/C10H11BrN2/c1-7(13)4-9-3-2-8(6-12)5-10(9)11/h2-3,5,7H,4,13H2,1H3/t7-/m1/s1. The van der Waals surface area contributed by atoms with E-state index < -0.39 is 0 Å². The Labute approximate surface area is 86.5 Å². The molecule has 0 heterocycles. The van der Waals surface area contributed by atoms with Gasteiger partial charge in [0, 0.05) is 10.5 Å². The Morgan fingerprint density at radius 1 is 1.62 bits per heavy atom. The first kappa shape index (κ1) is 10.2. The maximum Gasteiger partial charge on any atom is 0.0992 e. The van der Waals surface area contributed by atoms with Crippen molar-refractivity contribution >= 4 is 15.9 Å². The summed E-state index contributed by atoms with van der Waals surface area (Å²) in [5.74, 6) is 0. The molecule has 1 rings (SSSR count). The average Bonchev–Trinajstić information content (AvgIpc) is 2.08. The van der Waals surface area contributed by atoms with Gasteiger partial charge in [-0.3, -0.25) is 0 Å². The maximum absolute atomic E-state index is 8.64. The number of halogens is 1. The summed E-state index contributed by atoms with van der Waals surface area (Å²) in [4.78, 5) is 0. The minimum absolute atomic E-state index is 0.143. The maximum atomic E-state index is 8.64. The molecule has 0 amide bonds. The molecule has 0 radical (unpaired) electrons. The molecule has 0 fully saturated rings. The number of benzene rings is 1. The summed E-state index contributed by atoms with van der Waals surface area (Å²) >= 11 is 3.41. The van der Waals surface area contributed by atoms with E-state index in [9.17, 15) is 0 Å². The van der Waals surface area contributed by atoms with Gasteiger partial charge in [0.15, 0.2) is 0 Å². The molecule has 1 atom stereocenters. The van der Waals surface area contributed by atoms with E-state index in [0.29, 0.717) is 5.56 Å².